The molecule has 8 nitrogen and oxygen atoms in total. The Morgan fingerprint density at radius 1 is 1.00 bits per heavy atom. The zero-order valence-electron chi connectivity index (χ0n) is 21.7. The second-order valence-corrected chi connectivity index (χ2v) is 10.7. The van der Waals surface area contributed by atoms with Gasteiger partial charge in [-0.05, 0) is 50.1 Å². The van der Waals surface area contributed by atoms with E-state index in [2.05, 4.69) is 20.9 Å². The maximum absolute atomic E-state index is 13.3. The zero-order valence-corrected chi connectivity index (χ0v) is 22.5. The lowest BCUT2D eigenvalue weighted by atomic mass is 9.98. The predicted molar refractivity (Wildman–Crippen MR) is 149 cm³/mol. The Balaban J connectivity index is 1.46. The minimum Gasteiger partial charge on any atom is -0.488 e. The van der Waals surface area contributed by atoms with E-state index < -0.39 is 10.0 Å². The highest BCUT2D eigenvalue weighted by Crippen LogP contribution is 2.33. The number of fused-ring (bicyclic) bond motifs is 1. The number of hydrogen-bond acceptors (Lipinski definition) is 7. The fraction of sp³-hybridized carbons (Fsp3) is 0.167. The molecule has 39 heavy (non-hydrogen) atoms. The van der Waals surface area contributed by atoms with E-state index in [4.69, 9.17) is 9.26 Å². The molecule has 2 heterocycles. The number of hydrogen-bond donors (Lipinski definition) is 1. The van der Waals surface area contributed by atoms with Crippen molar-refractivity contribution in [1.82, 2.24) is 10.1 Å². The summed E-state index contributed by atoms with van der Waals surface area (Å²) < 4.78 is 40.5. The third kappa shape index (κ3) is 5.19. The number of ether oxygens (including phenoxy) is 1. The Labute approximate surface area is 226 Å². The monoisotopic (exact) mass is 538 g/mol. The molecule has 2 aromatic heterocycles. The Morgan fingerprint density at radius 3 is 2.51 bits per heavy atom. The van der Waals surface area contributed by atoms with E-state index in [9.17, 15) is 13.7 Å². The summed E-state index contributed by atoms with van der Waals surface area (Å²) in [4.78, 5) is 4.68. The lowest BCUT2D eigenvalue weighted by Crippen LogP contribution is -2.15. The van der Waals surface area contributed by atoms with E-state index in [1.807, 2.05) is 43.3 Å². The molecule has 0 aliphatic rings. The lowest BCUT2D eigenvalue weighted by molar-refractivity contribution is 0.309. The van der Waals surface area contributed by atoms with Gasteiger partial charge in [0.05, 0.1) is 22.0 Å². The molecule has 0 fully saturated rings. The number of benzene rings is 3. The number of pyridine rings is 1. The van der Waals surface area contributed by atoms with Crippen LogP contribution in [-0.2, 0) is 23.1 Å². The smallest absolute Gasteiger partial charge is 0.263 e. The highest BCUT2D eigenvalue weighted by Gasteiger charge is 2.23. The molecule has 196 valence electrons. The molecule has 0 saturated carbocycles. The van der Waals surface area contributed by atoms with Gasteiger partial charge in [-0.2, -0.15) is 5.26 Å². The van der Waals surface area contributed by atoms with Gasteiger partial charge in [0.15, 0.2) is 5.82 Å². The largest absolute Gasteiger partial charge is 0.488 e. The Kier molecular flexibility index (Phi) is 7.05. The average molecular weight is 539 g/mol. The molecule has 1 N–H and O–H groups in total. The molecule has 9 heteroatoms. The van der Waals surface area contributed by atoms with Crippen molar-refractivity contribution in [3.8, 4) is 22.9 Å². The third-order valence-corrected chi connectivity index (χ3v) is 7.94. The van der Waals surface area contributed by atoms with Gasteiger partial charge < -0.3 is 9.26 Å². The van der Waals surface area contributed by atoms with Crippen molar-refractivity contribution in [2.45, 2.75) is 38.7 Å². The van der Waals surface area contributed by atoms with Crippen LogP contribution in [0.5, 0.6) is 5.75 Å². The number of nitrogens with zero attached hydrogens (tertiary/aromatic N) is 3. The van der Waals surface area contributed by atoms with Crippen LogP contribution in [0.15, 0.2) is 82.2 Å². The Hall–Kier alpha value is -4.68. The molecule has 0 radical (unpaired) electrons. The van der Waals surface area contributed by atoms with E-state index in [-0.39, 0.29) is 17.3 Å². The van der Waals surface area contributed by atoms with Crippen LogP contribution in [0.3, 0.4) is 0 Å². The van der Waals surface area contributed by atoms with Crippen LogP contribution in [0.1, 0.15) is 35.1 Å². The predicted octanol–water partition coefficient (Wildman–Crippen LogP) is 6.32. The number of para-hydroxylation sites is 1. The summed E-state index contributed by atoms with van der Waals surface area (Å²) in [5.41, 5.74) is 4.41. The molecule has 0 amide bonds. The summed E-state index contributed by atoms with van der Waals surface area (Å²) in [5, 5.41) is 14.7. The summed E-state index contributed by atoms with van der Waals surface area (Å²) in [6.07, 6.45) is 0.779. The van der Waals surface area contributed by atoms with Crippen molar-refractivity contribution in [3.05, 3.63) is 101 Å². The molecule has 0 saturated heterocycles. The minimum absolute atomic E-state index is 0.0286. The van der Waals surface area contributed by atoms with Gasteiger partial charge in [-0.15, -0.1) is 0 Å². The first-order chi connectivity index (χ1) is 18.8. The van der Waals surface area contributed by atoms with Gasteiger partial charge >= 0.3 is 0 Å². The summed E-state index contributed by atoms with van der Waals surface area (Å²) in [7, 11) is -4.02. The van der Waals surface area contributed by atoms with Crippen LogP contribution in [-0.4, -0.2) is 18.6 Å². The summed E-state index contributed by atoms with van der Waals surface area (Å²) in [6.45, 7) is 5.71. The second kappa shape index (κ2) is 10.6. The van der Waals surface area contributed by atoms with E-state index >= 15 is 0 Å². The third-order valence-electron chi connectivity index (χ3n) is 6.55. The molecule has 3 aromatic carbocycles. The van der Waals surface area contributed by atoms with Crippen LogP contribution in [0.2, 0.25) is 0 Å². The maximum atomic E-state index is 13.3. The lowest BCUT2D eigenvalue weighted by Gasteiger charge is -2.14. The summed E-state index contributed by atoms with van der Waals surface area (Å²) >= 11 is 0. The highest BCUT2D eigenvalue weighted by molar-refractivity contribution is 7.92. The van der Waals surface area contributed by atoms with Crippen molar-refractivity contribution in [1.29, 1.82) is 5.26 Å². The molecule has 5 aromatic rings. The SMILES string of the molecule is CCc1cc(OCc2ccc(-c3ccccc3S(=O)(=O)Nc3noc(C)c3C)c(C#N)c2)c2ccccc2n1. The number of sulfonamides is 1. The number of aryl methyl sites for hydroxylation is 2. The maximum Gasteiger partial charge on any atom is 0.263 e. The van der Waals surface area contributed by atoms with Gasteiger partial charge in [0.25, 0.3) is 10.0 Å². The van der Waals surface area contributed by atoms with Crippen molar-refractivity contribution in [2.75, 3.05) is 4.72 Å². The van der Waals surface area contributed by atoms with Crippen molar-refractivity contribution in [2.24, 2.45) is 0 Å². The number of anilines is 1. The van der Waals surface area contributed by atoms with Gasteiger partial charge in [0.2, 0.25) is 0 Å². The number of rotatable bonds is 8. The fourth-order valence-corrected chi connectivity index (χ4v) is 5.56. The van der Waals surface area contributed by atoms with E-state index in [0.717, 1.165) is 34.3 Å². The van der Waals surface area contributed by atoms with Crippen molar-refractivity contribution < 1.29 is 17.7 Å². The van der Waals surface area contributed by atoms with E-state index in [1.54, 1.807) is 44.2 Å². The molecule has 0 unspecified atom stereocenters. The number of aromatic nitrogens is 2. The van der Waals surface area contributed by atoms with Gasteiger partial charge in [0, 0.05) is 33.8 Å². The normalized spacial score (nSPS) is 11.3. The molecule has 5 rings (SSSR count). The average Bonchev–Trinajstić information content (AvgIpc) is 3.27. The second-order valence-electron chi connectivity index (χ2n) is 9.08. The number of nitriles is 1. The van der Waals surface area contributed by atoms with Gasteiger partial charge in [0.1, 0.15) is 18.1 Å². The molecule has 0 bridgehead atoms. The summed E-state index contributed by atoms with van der Waals surface area (Å²) in [5.74, 6) is 1.38. The molecule has 0 aliphatic heterocycles. The fourth-order valence-electron chi connectivity index (χ4n) is 4.28. The Bertz CT molecular complexity index is 1840. The van der Waals surface area contributed by atoms with Crippen LogP contribution in [0.25, 0.3) is 22.0 Å². The van der Waals surface area contributed by atoms with Gasteiger partial charge in [-0.3, -0.25) is 9.71 Å². The first-order valence-corrected chi connectivity index (χ1v) is 13.9. The van der Waals surface area contributed by atoms with E-state index in [0.29, 0.717) is 28.0 Å². The first kappa shape index (κ1) is 25.9. The van der Waals surface area contributed by atoms with Crippen LogP contribution >= 0.6 is 0 Å². The molecular weight excluding hydrogens is 512 g/mol. The van der Waals surface area contributed by atoms with Gasteiger partial charge in [-0.1, -0.05) is 54.5 Å². The highest BCUT2D eigenvalue weighted by atomic mass is 32.2. The van der Waals surface area contributed by atoms with Crippen LogP contribution in [0, 0.1) is 25.2 Å². The minimum atomic E-state index is -4.02. The van der Waals surface area contributed by atoms with Crippen molar-refractivity contribution in [3.63, 3.8) is 0 Å². The molecular formula is C30H26N4O4S. The Morgan fingerprint density at radius 2 is 1.77 bits per heavy atom. The first-order valence-electron chi connectivity index (χ1n) is 12.4. The van der Waals surface area contributed by atoms with E-state index in [1.165, 1.54) is 6.07 Å². The quantitative estimate of drug-likeness (QED) is 0.246. The van der Waals surface area contributed by atoms with Crippen molar-refractivity contribution >= 4 is 26.7 Å². The molecule has 0 aliphatic carbocycles. The number of nitrogens with one attached hydrogen (secondary N) is 1. The standard InChI is InChI=1S/C30H26N4O4S/c1-4-23-16-28(26-10-5-7-11-27(26)32-23)37-18-21-13-14-24(22(15-21)17-31)25-9-6-8-12-29(25)39(35,36)34-30-19(2)20(3)38-33-30/h5-16H,4,18H2,1-3H3,(H,33,34). The molecule has 0 atom stereocenters. The zero-order chi connectivity index (χ0) is 27.6. The topological polar surface area (TPSA) is 118 Å². The van der Waals surface area contributed by atoms with Crippen LogP contribution in [0.4, 0.5) is 5.82 Å². The molecule has 0 spiro atoms. The van der Waals surface area contributed by atoms with Gasteiger partial charge in [-0.25, -0.2) is 8.42 Å². The van der Waals surface area contributed by atoms with Crippen LogP contribution < -0.4 is 9.46 Å². The summed E-state index contributed by atoms with van der Waals surface area (Å²) in [6, 6.07) is 23.8.